The van der Waals surface area contributed by atoms with Gasteiger partial charge >= 0.3 is 30.4 Å². The molecule has 0 aliphatic carbocycles. The molecule has 3 N–H and O–H groups in total. The summed E-state index contributed by atoms with van der Waals surface area (Å²) in [7, 11) is 5.16. The maximum absolute atomic E-state index is 13.7. The highest BCUT2D eigenvalue weighted by molar-refractivity contribution is 6.30. The van der Waals surface area contributed by atoms with E-state index in [0.29, 0.717) is 17.2 Å². The minimum absolute atomic E-state index is 0.0185. The number of ether oxygens (including phenoxy) is 3. The zero-order valence-electron chi connectivity index (χ0n) is 27.1. The molecule has 0 saturated carbocycles. The van der Waals surface area contributed by atoms with Crippen LogP contribution in [-0.4, -0.2) is 62.2 Å². The molecule has 1 amide bonds. The Kier molecular flexibility index (Phi) is 11.4. The van der Waals surface area contributed by atoms with Crippen molar-refractivity contribution in [3.8, 4) is 28.3 Å². The van der Waals surface area contributed by atoms with Crippen LogP contribution in [0.4, 0.5) is 42.5 Å². The average Bonchev–Trinajstić information content (AvgIpc) is 3.72. The van der Waals surface area contributed by atoms with E-state index in [1.165, 1.54) is 60.1 Å². The molecule has 0 unspecified atom stereocenters. The largest absolute Gasteiger partial charge is 0.465 e. The Morgan fingerprint density at radius 1 is 0.750 bits per heavy atom. The van der Waals surface area contributed by atoms with Gasteiger partial charge in [0, 0.05) is 35.9 Å². The molecule has 274 valence electrons. The van der Waals surface area contributed by atoms with E-state index in [9.17, 15) is 40.7 Å². The van der Waals surface area contributed by atoms with Crippen molar-refractivity contribution in [3.05, 3.63) is 88.2 Å². The Hall–Kier alpha value is -6.18. The molecule has 5 rings (SSSR count). The summed E-state index contributed by atoms with van der Waals surface area (Å²) in [4.78, 5) is 36.0. The summed E-state index contributed by atoms with van der Waals surface area (Å²) >= 11 is 5.75. The number of alkyl halides is 6. The number of aromatic nitrogens is 6. The van der Waals surface area contributed by atoms with Crippen LogP contribution in [0.3, 0.4) is 0 Å². The number of nitrogens with two attached hydrogens (primary N) is 1. The predicted molar refractivity (Wildman–Crippen MR) is 171 cm³/mol. The van der Waals surface area contributed by atoms with Crippen LogP contribution in [0, 0.1) is 0 Å². The van der Waals surface area contributed by atoms with Gasteiger partial charge in [-0.15, -0.1) is 10.2 Å². The third kappa shape index (κ3) is 9.13. The topological polar surface area (TPSA) is 178 Å². The van der Waals surface area contributed by atoms with E-state index < -0.39 is 52.8 Å². The lowest BCUT2D eigenvalue weighted by Crippen LogP contribution is -2.20. The quantitative estimate of drug-likeness (QED) is 0.111. The van der Waals surface area contributed by atoms with Crippen molar-refractivity contribution in [1.29, 1.82) is 0 Å². The zero-order chi connectivity index (χ0) is 38.5. The van der Waals surface area contributed by atoms with Gasteiger partial charge in [-0.1, -0.05) is 22.0 Å². The van der Waals surface area contributed by atoms with Crippen LogP contribution < -0.4 is 15.8 Å². The molecule has 0 fully saturated rings. The Morgan fingerprint density at radius 3 is 1.65 bits per heavy atom. The molecule has 2 aromatic heterocycles. The number of halogens is 7. The molecule has 21 heteroatoms. The summed E-state index contributed by atoms with van der Waals surface area (Å²) in [6.07, 6.45) is -8.02. The molecule has 0 radical (unpaired) electrons. The number of nitrogens with one attached hydrogen (secondary N) is 1. The fourth-order valence-electron chi connectivity index (χ4n) is 4.46. The number of hydrogen-bond donors (Lipinski definition) is 2. The van der Waals surface area contributed by atoms with Gasteiger partial charge in [-0.2, -0.15) is 26.3 Å². The number of carbonyl (C=O) groups excluding carboxylic acids is 3. The van der Waals surface area contributed by atoms with Crippen LogP contribution >= 0.6 is 11.6 Å². The molecule has 14 nitrogen and oxygen atoms in total. The van der Waals surface area contributed by atoms with Gasteiger partial charge in [0.2, 0.25) is 0 Å². The van der Waals surface area contributed by atoms with Gasteiger partial charge in [0.25, 0.3) is 0 Å². The van der Waals surface area contributed by atoms with Crippen LogP contribution in [0.15, 0.2) is 60.9 Å². The summed E-state index contributed by atoms with van der Waals surface area (Å²) in [5.74, 6) is -1.71. The molecule has 0 aliphatic heterocycles. The number of nitrogen functional groups attached to an aromatic ring is 1. The van der Waals surface area contributed by atoms with Gasteiger partial charge in [-0.25, -0.2) is 14.4 Å². The smallest absolute Gasteiger partial charge is 0.417 e. The second kappa shape index (κ2) is 15.4. The number of rotatable bonds is 6. The Morgan fingerprint density at radius 2 is 1.21 bits per heavy atom. The van der Waals surface area contributed by atoms with E-state index in [1.54, 1.807) is 0 Å². The minimum atomic E-state index is -4.82. The number of benzene rings is 3. The maximum Gasteiger partial charge on any atom is 0.417 e. The van der Waals surface area contributed by atoms with Gasteiger partial charge in [0.15, 0.2) is 0 Å². The van der Waals surface area contributed by atoms with Crippen molar-refractivity contribution >= 4 is 41.0 Å². The average molecular weight is 755 g/mol. The summed E-state index contributed by atoms with van der Waals surface area (Å²) in [6.45, 7) is 0. The predicted octanol–water partition coefficient (Wildman–Crippen LogP) is 6.42. The Bertz CT molecular complexity index is 2120. The number of amides is 1. The molecule has 5 aromatic rings. The lowest BCUT2D eigenvalue weighted by atomic mass is 9.99. The van der Waals surface area contributed by atoms with Crippen molar-refractivity contribution in [2.45, 2.75) is 12.4 Å². The number of nitrogens with zero attached hydrogens (tertiary/aromatic N) is 6. The van der Waals surface area contributed by atoms with Gasteiger partial charge in [0.05, 0.1) is 54.6 Å². The summed E-state index contributed by atoms with van der Waals surface area (Å²) in [6, 6.07) is 8.94. The van der Waals surface area contributed by atoms with Crippen LogP contribution in [0.5, 0.6) is 5.75 Å². The van der Waals surface area contributed by atoms with Crippen LogP contribution in [-0.2, 0) is 35.9 Å². The van der Waals surface area contributed by atoms with Crippen molar-refractivity contribution in [1.82, 2.24) is 30.0 Å². The summed E-state index contributed by atoms with van der Waals surface area (Å²) < 4.78 is 97.1. The fraction of sp³-hybridized carbons (Fsp3) is 0.194. The van der Waals surface area contributed by atoms with E-state index >= 15 is 0 Å². The third-order valence-corrected chi connectivity index (χ3v) is 7.04. The lowest BCUT2D eigenvalue weighted by Gasteiger charge is -2.17. The molecular formula is C31H25ClF6N8O6. The number of carbonyl (C=O) groups is 3. The Balaban J connectivity index is 0.000000251. The van der Waals surface area contributed by atoms with Gasteiger partial charge in [-0.05, 0) is 48.5 Å². The number of aryl methyl sites for hydroxylation is 2. The molecule has 52 heavy (non-hydrogen) atoms. The SMILES string of the molecule is COC(=O)c1cc(-c2cn(C)nn2)c(C(F)(F)F)cc1N.COC(=O)c1cc(-c2cn(C)nn2)c(C(F)(F)F)cc1NC(=O)Oc1ccc(Cl)cc1. The third-order valence-electron chi connectivity index (χ3n) is 6.79. The van der Waals surface area contributed by atoms with Crippen LogP contribution in [0.1, 0.15) is 31.8 Å². The molecule has 2 heterocycles. The van der Waals surface area contributed by atoms with Crippen LogP contribution in [0.2, 0.25) is 5.02 Å². The zero-order valence-corrected chi connectivity index (χ0v) is 27.9. The maximum atomic E-state index is 13.7. The monoisotopic (exact) mass is 754 g/mol. The first-order valence-corrected chi connectivity index (χ1v) is 14.6. The highest BCUT2D eigenvalue weighted by Crippen LogP contribution is 2.41. The van der Waals surface area contributed by atoms with E-state index in [2.05, 4.69) is 35.4 Å². The second-order valence-electron chi connectivity index (χ2n) is 10.4. The first-order chi connectivity index (χ1) is 24.3. The molecule has 0 bridgehead atoms. The van der Waals surface area contributed by atoms with E-state index in [4.69, 9.17) is 22.1 Å². The molecule has 0 atom stereocenters. The second-order valence-corrected chi connectivity index (χ2v) is 10.9. The van der Waals surface area contributed by atoms with Crippen molar-refractivity contribution < 1.29 is 54.9 Å². The minimum Gasteiger partial charge on any atom is -0.465 e. The van der Waals surface area contributed by atoms with Crippen molar-refractivity contribution in [2.24, 2.45) is 14.1 Å². The highest BCUT2D eigenvalue weighted by Gasteiger charge is 2.37. The molecule has 0 saturated heterocycles. The standard InChI is InChI=1S/C19H14ClF3N4O4.C12H11F3N4O2/c1-27-9-16(25-26-27)12-7-13(17(28)30-2)15(8-14(12)19(21,22)23)24-18(29)31-11-5-3-10(20)4-6-11;1-19-5-10(17-18-19)6-3-7(11(20)21-2)9(16)4-8(6)12(13,14)15/h3-9H,1-2H3,(H,24,29);3-5H,16H2,1-2H3. The summed E-state index contributed by atoms with van der Waals surface area (Å²) in [5, 5.41) is 17.1. The molecule has 3 aromatic carbocycles. The van der Waals surface area contributed by atoms with Gasteiger partial charge in [0.1, 0.15) is 17.1 Å². The van der Waals surface area contributed by atoms with Gasteiger partial charge in [-0.3, -0.25) is 14.7 Å². The number of anilines is 2. The van der Waals surface area contributed by atoms with E-state index in [1.807, 2.05) is 0 Å². The summed E-state index contributed by atoms with van der Waals surface area (Å²) in [5.41, 5.74) is 1.29. The lowest BCUT2D eigenvalue weighted by molar-refractivity contribution is -0.137. The fourth-order valence-corrected chi connectivity index (χ4v) is 4.59. The van der Waals surface area contributed by atoms with Crippen molar-refractivity contribution in [2.75, 3.05) is 25.3 Å². The highest BCUT2D eigenvalue weighted by atomic mass is 35.5. The van der Waals surface area contributed by atoms with Crippen LogP contribution in [0.25, 0.3) is 22.5 Å². The molecule has 0 aliphatic rings. The molecular weight excluding hydrogens is 730 g/mol. The first-order valence-electron chi connectivity index (χ1n) is 14.2. The van der Waals surface area contributed by atoms with E-state index in [0.717, 1.165) is 26.4 Å². The number of esters is 2. The van der Waals surface area contributed by atoms with Crippen molar-refractivity contribution in [3.63, 3.8) is 0 Å². The van der Waals surface area contributed by atoms with Gasteiger partial charge < -0.3 is 19.9 Å². The molecule has 0 spiro atoms. The Labute approximate surface area is 294 Å². The number of hydrogen-bond acceptors (Lipinski definition) is 11. The first kappa shape index (κ1) is 38.6. The van der Waals surface area contributed by atoms with E-state index in [-0.39, 0.29) is 39.5 Å². The normalized spacial score (nSPS) is 11.3. The number of methoxy groups -OCH3 is 2.